The lowest BCUT2D eigenvalue weighted by atomic mass is 9.96. The van der Waals surface area contributed by atoms with Gasteiger partial charge >= 0.3 is 0 Å². The molecule has 0 atom stereocenters. The van der Waals surface area contributed by atoms with E-state index in [4.69, 9.17) is 18.7 Å². The summed E-state index contributed by atoms with van der Waals surface area (Å²) in [5, 5.41) is 4.60. The van der Waals surface area contributed by atoms with Crippen LogP contribution in [0, 0.1) is 0 Å². The monoisotopic (exact) mass is 502 g/mol. The molecule has 0 unspecified atom stereocenters. The molecule has 0 aliphatic heterocycles. The lowest BCUT2D eigenvalue weighted by Crippen LogP contribution is -2.23. The second kappa shape index (κ2) is 16.8. The molecule has 1 aliphatic carbocycles. The summed E-state index contributed by atoms with van der Waals surface area (Å²) in [6, 6.07) is 10.6. The van der Waals surface area contributed by atoms with Crippen LogP contribution in [0.3, 0.4) is 0 Å². The first kappa shape index (κ1) is 28.5. The summed E-state index contributed by atoms with van der Waals surface area (Å²) in [7, 11) is 1.31. The van der Waals surface area contributed by atoms with Gasteiger partial charge in [0.1, 0.15) is 11.6 Å². The van der Waals surface area contributed by atoms with E-state index in [1.165, 1.54) is 51.3 Å². The second-order valence-corrected chi connectivity index (χ2v) is 8.18. The summed E-state index contributed by atoms with van der Waals surface area (Å²) in [5.74, 6) is 2.45. The zero-order valence-electron chi connectivity index (χ0n) is 21.2. The topological polar surface area (TPSA) is 87.5 Å². The molecule has 0 saturated heterocycles. The van der Waals surface area contributed by atoms with Crippen molar-refractivity contribution in [3.05, 3.63) is 42.7 Å². The van der Waals surface area contributed by atoms with E-state index < -0.39 is 0 Å². The molecule has 1 fully saturated rings. The van der Waals surface area contributed by atoms with Crippen LogP contribution in [0.25, 0.3) is 16.7 Å². The Labute approximate surface area is 213 Å². The molecular formula is C26H38N4O4S. The van der Waals surface area contributed by atoms with Gasteiger partial charge in [-0.2, -0.15) is 4.98 Å². The van der Waals surface area contributed by atoms with Crippen molar-refractivity contribution in [2.75, 3.05) is 31.9 Å². The summed E-state index contributed by atoms with van der Waals surface area (Å²) in [4.78, 5) is 18.1. The van der Waals surface area contributed by atoms with Gasteiger partial charge in [0.15, 0.2) is 0 Å². The highest BCUT2D eigenvalue weighted by Gasteiger charge is 2.15. The van der Waals surface area contributed by atoms with Crippen LogP contribution in [-0.2, 0) is 13.7 Å². The standard InChI is InChI=1S/C22H28N4O2S.C2H4O2.C2H6/c1-29-28-16-6-15-27-20-10-5-9-19-18(20)12-14-26(19)21-11-13-23-22(25-21)24-17-7-3-2-4-8-17;1-4-2-3;1-2/h5,9-14,17H,2-4,6-8,15-16H2,1H3,(H,23,24,25);2H,1H3;1-2H3. The first-order valence-electron chi connectivity index (χ1n) is 12.2. The summed E-state index contributed by atoms with van der Waals surface area (Å²) in [6.45, 7) is 5.70. The maximum absolute atomic E-state index is 8.95. The molecule has 2 aromatic heterocycles. The fourth-order valence-electron chi connectivity index (χ4n) is 3.83. The molecule has 0 bridgehead atoms. The molecule has 2 heterocycles. The first-order valence-corrected chi connectivity index (χ1v) is 13.4. The second-order valence-electron chi connectivity index (χ2n) is 7.61. The number of fused-ring (bicyclic) bond motifs is 1. The lowest BCUT2D eigenvalue weighted by Gasteiger charge is -2.22. The van der Waals surface area contributed by atoms with E-state index in [-0.39, 0.29) is 0 Å². The molecule has 0 amide bonds. The van der Waals surface area contributed by atoms with E-state index >= 15 is 0 Å². The Balaban J connectivity index is 0.000000655. The Hall–Kier alpha value is -2.78. The van der Waals surface area contributed by atoms with E-state index in [1.54, 1.807) is 0 Å². The van der Waals surface area contributed by atoms with Crippen molar-refractivity contribution in [1.82, 2.24) is 14.5 Å². The lowest BCUT2D eigenvalue weighted by molar-refractivity contribution is -0.126. The van der Waals surface area contributed by atoms with Gasteiger partial charge in [0.25, 0.3) is 6.47 Å². The van der Waals surface area contributed by atoms with Gasteiger partial charge in [0.05, 0.1) is 25.8 Å². The summed E-state index contributed by atoms with van der Waals surface area (Å²) < 4.78 is 17.2. The normalized spacial score (nSPS) is 13.1. The van der Waals surface area contributed by atoms with Crippen LogP contribution in [0.15, 0.2) is 42.7 Å². The summed E-state index contributed by atoms with van der Waals surface area (Å²) >= 11 is 1.39. The van der Waals surface area contributed by atoms with Gasteiger partial charge in [0.2, 0.25) is 5.95 Å². The van der Waals surface area contributed by atoms with Crippen LogP contribution >= 0.6 is 12.0 Å². The molecular weight excluding hydrogens is 464 g/mol. The molecule has 1 saturated carbocycles. The number of aromatic nitrogens is 3. The van der Waals surface area contributed by atoms with Crippen LogP contribution in [0.1, 0.15) is 52.4 Å². The van der Waals surface area contributed by atoms with Gasteiger partial charge in [-0.1, -0.05) is 39.2 Å². The zero-order valence-corrected chi connectivity index (χ0v) is 22.1. The number of ether oxygens (including phenoxy) is 2. The molecule has 4 rings (SSSR count). The van der Waals surface area contributed by atoms with Gasteiger partial charge in [-0.05, 0) is 49.1 Å². The molecule has 9 heteroatoms. The number of hydrogen-bond donors (Lipinski definition) is 1. The van der Waals surface area contributed by atoms with Crippen molar-refractivity contribution < 1.29 is 18.5 Å². The molecule has 1 aromatic carbocycles. The quantitative estimate of drug-likeness (QED) is 0.204. The highest BCUT2D eigenvalue weighted by atomic mass is 32.2. The number of anilines is 1. The van der Waals surface area contributed by atoms with Gasteiger partial charge in [0, 0.05) is 36.5 Å². The number of carbonyl (C=O) groups excluding carboxylic acids is 1. The van der Waals surface area contributed by atoms with Crippen molar-refractivity contribution >= 4 is 35.4 Å². The van der Waals surface area contributed by atoms with Crippen LogP contribution in [0.4, 0.5) is 5.95 Å². The predicted molar refractivity (Wildman–Crippen MR) is 143 cm³/mol. The SMILES string of the molecule is CC.COC=O.CSOCCCOc1cccc2c1ccn2-c1ccnc(NC2CCCCC2)n1. The van der Waals surface area contributed by atoms with Crippen molar-refractivity contribution in [2.45, 2.75) is 58.4 Å². The number of rotatable bonds is 10. The summed E-state index contributed by atoms with van der Waals surface area (Å²) in [6.07, 6.45) is 13.0. The average molecular weight is 503 g/mol. The minimum absolute atomic E-state index is 0.375. The molecule has 192 valence electrons. The number of hydrogen-bond acceptors (Lipinski definition) is 8. The number of nitrogens with zero attached hydrogens (tertiary/aromatic N) is 3. The first-order chi connectivity index (χ1) is 17.3. The third kappa shape index (κ3) is 9.07. The van der Waals surface area contributed by atoms with E-state index in [0.29, 0.717) is 31.7 Å². The number of benzene rings is 1. The minimum Gasteiger partial charge on any atom is -0.493 e. The zero-order chi connectivity index (χ0) is 25.3. The molecule has 35 heavy (non-hydrogen) atoms. The van der Waals surface area contributed by atoms with E-state index in [9.17, 15) is 0 Å². The smallest absolute Gasteiger partial charge is 0.292 e. The maximum Gasteiger partial charge on any atom is 0.292 e. The molecule has 3 aromatic rings. The molecule has 1 aliphatic rings. The number of carbonyl (C=O) groups is 1. The highest BCUT2D eigenvalue weighted by molar-refractivity contribution is 7.93. The van der Waals surface area contributed by atoms with Gasteiger partial charge in [-0.15, -0.1) is 0 Å². The van der Waals surface area contributed by atoms with Gasteiger partial charge in [-0.25, -0.2) is 4.98 Å². The Kier molecular flexibility index (Phi) is 13.6. The Morgan fingerprint density at radius 2 is 1.91 bits per heavy atom. The molecule has 0 spiro atoms. The third-order valence-electron chi connectivity index (χ3n) is 5.36. The van der Waals surface area contributed by atoms with Crippen LogP contribution in [0.2, 0.25) is 0 Å². The van der Waals surface area contributed by atoms with E-state index in [2.05, 4.69) is 31.7 Å². The molecule has 8 nitrogen and oxygen atoms in total. The van der Waals surface area contributed by atoms with E-state index in [1.807, 2.05) is 50.7 Å². The minimum atomic E-state index is 0.375. The van der Waals surface area contributed by atoms with Crippen molar-refractivity contribution in [1.29, 1.82) is 0 Å². The molecule has 1 N–H and O–H groups in total. The highest BCUT2D eigenvalue weighted by Crippen LogP contribution is 2.29. The fourth-order valence-corrected chi connectivity index (χ4v) is 4.12. The predicted octanol–water partition coefficient (Wildman–Crippen LogP) is 6.04. The van der Waals surface area contributed by atoms with Crippen molar-refractivity contribution in [2.24, 2.45) is 0 Å². The number of methoxy groups -OCH3 is 1. The largest absolute Gasteiger partial charge is 0.493 e. The Bertz CT molecular complexity index is 992. The van der Waals surface area contributed by atoms with Crippen molar-refractivity contribution in [3.63, 3.8) is 0 Å². The average Bonchev–Trinajstić information content (AvgIpc) is 3.36. The van der Waals surface area contributed by atoms with Gasteiger partial charge in [-0.3, -0.25) is 4.79 Å². The van der Waals surface area contributed by atoms with E-state index in [0.717, 1.165) is 28.9 Å². The number of nitrogens with one attached hydrogen (secondary N) is 1. The third-order valence-corrected chi connectivity index (χ3v) is 5.77. The fraction of sp³-hybridized carbons (Fsp3) is 0.500. The molecule has 0 radical (unpaired) electrons. The maximum atomic E-state index is 8.95. The summed E-state index contributed by atoms with van der Waals surface area (Å²) in [5.41, 5.74) is 1.07. The van der Waals surface area contributed by atoms with Crippen LogP contribution in [0.5, 0.6) is 5.75 Å². The Morgan fingerprint density at radius 1 is 1.14 bits per heavy atom. The van der Waals surface area contributed by atoms with Crippen LogP contribution in [-0.4, -0.2) is 53.6 Å². The van der Waals surface area contributed by atoms with Crippen molar-refractivity contribution in [3.8, 4) is 11.6 Å². The Morgan fingerprint density at radius 3 is 2.63 bits per heavy atom. The van der Waals surface area contributed by atoms with Gasteiger partial charge < -0.3 is 23.5 Å². The van der Waals surface area contributed by atoms with Crippen LogP contribution < -0.4 is 10.1 Å².